The lowest BCUT2D eigenvalue weighted by Gasteiger charge is -2.32. The molecule has 0 aromatic heterocycles. The smallest absolute Gasteiger partial charge is 0.157 e. The molecule has 5 atom stereocenters. The van der Waals surface area contributed by atoms with Gasteiger partial charge in [0.2, 0.25) is 0 Å². The maximum atomic E-state index is 10.5. The van der Waals surface area contributed by atoms with Gasteiger partial charge in [0.15, 0.2) is 12.6 Å². The van der Waals surface area contributed by atoms with Crippen LogP contribution in [0, 0.1) is 10.8 Å². The van der Waals surface area contributed by atoms with Gasteiger partial charge < -0.3 is 29.2 Å². The van der Waals surface area contributed by atoms with Gasteiger partial charge in [-0.25, -0.2) is 0 Å². The van der Waals surface area contributed by atoms with Crippen LogP contribution in [-0.4, -0.2) is 61.9 Å². The maximum Gasteiger partial charge on any atom is 0.157 e. The van der Waals surface area contributed by atoms with Crippen LogP contribution in [0.5, 0.6) is 0 Å². The van der Waals surface area contributed by atoms with Crippen molar-refractivity contribution in [2.75, 3.05) is 26.9 Å². The Bertz CT molecular complexity index is 507. The highest BCUT2D eigenvalue weighted by Crippen LogP contribution is 2.31. The quantitative estimate of drug-likeness (QED) is 0.172. The van der Waals surface area contributed by atoms with Crippen molar-refractivity contribution < 1.29 is 29.2 Å². The molecule has 1 fully saturated rings. The maximum absolute atomic E-state index is 10.5. The molecule has 6 heteroatoms. The van der Waals surface area contributed by atoms with Crippen LogP contribution >= 0.6 is 0 Å². The van der Waals surface area contributed by atoms with Crippen LogP contribution in [0.15, 0.2) is 0 Å². The zero-order valence-electron chi connectivity index (χ0n) is 23.9. The Labute approximate surface area is 216 Å². The molecule has 0 aromatic rings. The highest BCUT2D eigenvalue weighted by molar-refractivity contribution is 4.75. The lowest BCUT2D eigenvalue weighted by molar-refractivity contribution is -0.178. The summed E-state index contributed by atoms with van der Waals surface area (Å²) < 4.78 is 23.0. The van der Waals surface area contributed by atoms with Gasteiger partial charge >= 0.3 is 0 Å². The summed E-state index contributed by atoms with van der Waals surface area (Å²) in [6.45, 7) is 13.2. The fraction of sp³-hybridized carbons (Fsp3) is 1.00. The second-order valence-corrected chi connectivity index (χ2v) is 11.9. The summed E-state index contributed by atoms with van der Waals surface area (Å²) in [6, 6.07) is 0. The van der Waals surface area contributed by atoms with Crippen molar-refractivity contribution in [1.29, 1.82) is 0 Å². The summed E-state index contributed by atoms with van der Waals surface area (Å²) in [6.07, 6.45) is 12.3. The minimum absolute atomic E-state index is 0.0388. The predicted octanol–water partition coefficient (Wildman–Crippen LogP) is 6.60. The number of aliphatic hydroxyl groups excluding tert-OH is 2. The third-order valence-corrected chi connectivity index (χ3v) is 7.60. The van der Waals surface area contributed by atoms with Crippen molar-refractivity contribution in [3.05, 3.63) is 0 Å². The van der Waals surface area contributed by atoms with Gasteiger partial charge in [-0.2, -0.15) is 0 Å². The molecule has 1 aliphatic heterocycles. The average molecular weight is 503 g/mol. The van der Waals surface area contributed by atoms with Gasteiger partial charge in [-0.05, 0) is 81.5 Å². The number of hydrogen-bond donors (Lipinski definition) is 2. The fourth-order valence-corrected chi connectivity index (χ4v) is 4.64. The normalized spacial score (nSPS) is 21.4. The van der Waals surface area contributed by atoms with Gasteiger partial charge in [0, 0.05) is 13.7 Å². The molecule has 1 rings (SSSR count). The first-order chi connectivity index (χ1) is 16.6. The Morgan fingerprint density at radius 1 is 0.886 bits per heavy atom. The van der Waals surface area contributed by atoms with E-state index in [0.717, 1.165) is 83.8 Å². The number of methoxy groups -OCH3 is 1. The molecule has 0 aliphatic carbocycles. The number of hydrogen-bond acceptors (Lipinski definition) is 6. The first-order valence-electron chi connectivity index (χ1n) is 14.4. The van der Waals surface area contributed by atoms with Crippen LogP contribution in [-0.2, 0) is 18.9 Å². The van der Waals surface area contributed by atoms with Crippen LogP contribution in [0.4, 0.5) is 0 Å². The molecule has 6 nitrogen and oxygen atoms in total. The molecular formula is C29H58O6. The van der Waals surface area contributed by atoms with Crippen molar-refractivity contribution in [2.24, 2.45) is 10.8 Å². The number of ether oxygens (including phenoxy) is 4. The Balaban J connectivity index is 2.17. The van der Waals surface area contributed by atoms with E-state index in [2.05, 4.69) is 34.6 Å². The van der Waals surface area contributed by atoms with E-state index in [1.807, 2.05) is 0 Å². The topological polar surface area (TPSA) is 77.4 Å². The second-order valence-electron chi connectivity index (χ2n) is 11.9. The molecule has 0 amide bonds. The van der Waals surface area contributed by atoms with Gasteiger partial charge in [-0.1, -0.05) is 53.9 Å². The lowest BCUT2D eigenvalue weighted by Crippen LogP contribution is -2.30. The van der Waals surface area contributed by atoms with E-state index in [1.165, 1.54) is 6.42 Å². The number of aliphatic hydroxyl groups is 2. The number of rotatable bonds is 21. The monoisotopic (exact) mass is 502 g/mol. The Kier molecular flexibility index (Phi) is 16.9. The first-order valence-corrected chi connectivity index (χ1v) is 14.4. The zero-order valence-corrected chi connectivity index (χ0v) is 23.9. The molecule has 0 radical (unpaired) electrons. The molecule has 1 aliphatic rings. The molecule has 0 aromatic carbocycles. The van der Waals surface area contributed by atoms with Crippen LogP contribution in [0.25, 0.3) is 0 Å². The van der Waals surface area contributed by atoms with Crippen molar-refractivity contribution >= 4 is 0 Å². The van der Waals surface area contributed by atoms with Gasteiger partial charge in [0.25, 0.3) is 0 Å². The van der Waals surface area contributed by atoms with E-state index in [9.17, 15) is 10.2 Å². The van der Waals surface area contributed by atoms with E-state index < -0.39 is 0 Å². The van der Waals surface area contributed by atoms with E-state index >= 15 is 0 Å². The highest BCUT2D eigenvalue weighted by Gasteiger charge is 2.26. The van der Waals surface area contributed by atoms with Crippen molar-refractivity contribution in [3.63, 3.8) is 0 Å². The Hall–Kier alpha value is -0.240. The Morgan fingerprint density at radius 2 is 1.54 bits per heavy atom. The molecule has 5 unspecified atom stereocenters. The fourth-order valence-electron chi connectivity index (χ4n) is 4.64. The molecule has 1 saturated heterocycles. The molecule has 35 heavy (non-hydrogen) atoms. The van der Waals surface area contributed by atoms with Gasteiger partial charge in [-0.15, -0.1) is 0 Å². The third-order valence-electron chi connectivity index (χ3n) is 7.60. The first kappa shape index (κ1) is 32.8. The summed E-state index contributed by atoms with van der Waals surface area (Å²) in [5.41, 5.74) is 0.179. The summed E-state index contributed by atoms with van der Waals surface area (Å²) in [4.78, 5) is 0. The standard InChI is InChI=1S/C29H58O6/c1-7-13-26(32-6)34-22-28(3,4)19-11-14-24(30)17-18-25(31)15-12-20-29(5,8-2)23-35-27-16-9-10-21-33-27/h24-27,30-31H,7-23H2,1-6H3. The largest absolute Gasteiger partial charge is 0.393 e. The zero-order chi connectivity index (χ0) is 26.2. The molecule has 2 N–H and O–H groups in total. The van der Waals surface area contributed by atoms with E-state index in [4.69, 9.17) is 18.9 Å². The molecule has 0 bridgehead atoms. The summed E-state index contributed by atoms with van der Waals surface area (Å²) in [5.74, 6) is 0. The molecular weight excluding hydrogens is 444 g/mol. The minimum Gasteiger partial charge on any atom is -0.393 e. The van der Waals surface area contributed by atoms with Crippen LogP contribution in [0.2, 0.25) is 0 Å². The van der Waals surface area contributed by atoms with E-state index in [0.29, 0.717) is 19.4 Å². The van der Waals surface area contributed by atoms with Gasteiger partial charge in [0.1, 0.15) is 0 Å². The van der Waals surface area contributed by atoms with E-state index in [-0.39, 0.29) is 35.6 Å². The third kappa shape index (κ3) is 15.6. The summed E-state index contributed by atoms with van der Waals surface area (Å²) in [5, 5.41) is 20.9. The van der Waals surface area contributed by atoms with E-state index in [1.54, 1.807) is 7.11 Å². The molecule has 0 saturated carbocycles. The van der Waals surface area contributed by atoms with Gasteiger partial charge in [0.05, 0.1) is 25.4 Å². The highest BCUT2D eigenvalue weighted by atomic mass is 16.7. The lowest BCUT2D eigenvalue weighted by atomic mass is 9.82. The molecule has 1 heterocycles. The van der Waals surface area contributed by atoms with Crippen molar-refractivity contribution in [1.82, 2.24) is 0 Å². The Morgan fingerprint density at radius 3 is 2.09 bits per heavy atom. The predicted molar refractivity (Wildman–Crippen MR) is 142 cm³/mol. The van der Waals surface area contributed by atoms with Crippen LogP contribution < -0.4 is 0 Å². The van der Waals surface area contributed by atoms with Crippen molar-refractivity contribution in [3.8, 4) is 0 Å². The van der Waals surface area contributed by atoms with Crippen LogP contribution in [0.1, 0.15) is 125 Å². The van der Waals surface area contributed by atoms with Gasteiger partial charge in [-0.3, -0.25) is 0 Å². The van der Waals surface area contributed by atoms with Crippen molar-refractivity contribution in [2.45, 2.75) is 149 Å². The molecule has 0 spiro atoms. The second kappa shape index (κ2) is 18.1. The summed E-state index contributed by atoms with van der Waals surface area (Å²) >= 11 is 0. The summed E-state index contributed by atoms with van der Waals surface area (Å²) in [7, 11) is 1.70. The minimum atomic E-state index is -0.349. The SMILES string of the molecule is CCCC(OC)OCC(C)(C)CCCC(O)CCC(O)CCCC(C)(CC)COC1CCCCO1. The van der Waals surface area contributed by atoms with Crippen LogP contribution in [0.3, 0.4) is 0 Å². The molecule has 210 valence electrons. The average Bonchev–Trinajstić information content (AvgIpc) is 2.84.